The second-order valence-corrected chi connectivity index (χ2v) is 6.55. The van der Waals surface area contributed by atoms with Crippen molar-refractivity contribution in [3.63, 3.8) is 0 Å². The Hall–Kier alpha value is -0.790. The van der Waals surface area contributed by atoms with Crippen LogP contribution in [0.2, 0.25) is 0 Å². The van der Waals surface area contributed by atoms with Crippen LogP contribution in [0.4, 0.5) is 0 Å². The molecular formula is C17H29NO. The summed E-state index contributed by atoms with van der Waals surface area (Å²) >= 11 is 0. The molecule has 0 bridgehead atoms. The van der Waals surface area contributed by atoms with E-state index in [9.17, 15) is 4.79 Å². The summed E-state index contributed by atoms with van der Waals surface area (Å²) < 4.78 is 0. The van der Waals surface area contributed by atoms with Gasteiger partial charge in [-0.05, 0) is 39.5 Å². The minimum atomic E-state index is 0.277. The molecule has 2 aliphatic rings. The predicted octanol–water partition coefficient (Wildman–Crippen LogP) is 4.45. The van der Waals surface area contributed by atoms with E-state index < -0.39 is 0 Å². The molecule has 19 heavy (non-hydrogen) atoms. The third-order valence-electron chi connectivity index (χ3n) is 4.60. The molecule has 0 unspecified atom stereocenters. The van der Waals surface area contributed by atoms with Gasteiger partial charge in [0, 0.05) is 18.2 Å². The second-order valence-electron chi connectivity index (χ2n) is 6.55. The Morgan fingerprint density at radius 1 is 0.842 bits per heavy atom. The first kappa shape index (κ1) is 14.6. The topological polar surface area (TPSA) is 20.3 Å². The van der Waals surface area contributed by atoms with Gasteiger partial charge < -0.3 is 4.90 Å². The van der Waals surface area contributed by atoms with Crippen LogP contribution >= 0.6 is 0 Å². The van der Waals surface area contributed by atoms with E-state index >= 15 is 0 Å². The van der Waals surface area contributed by atoms with Crippen molar-refractivity contribution < 1.29 is 4.79 Å². The Balaban J connectivity index is 2.11. The molecule has 2 heteroatoms. The van der Waals surface area contributed by atoms with Gasteiger partial charge in [-0.2, -0.15) is 0 Å². The zero-order valence-electron chi connectivity index (χ0n) is 12.7. The van der Waals surface area contributed by atoms with E-state index in [1.54, 1.807) is 0 Å². The molecule has 2 aliphatic carbocycles. The number of carbonyl (C=O) groups excluding carboxylic acids is 1. The second kappa shape index (κ2) is 7.12. The van der Waals surface area contributed by atoms with Crippen LogP contribution in [0, 0.1) is 0 Å². The van der Waals surface area contributed by atoms with E-state index in [4.69, 9.17) is 0 Å². The SMILES string of the molecule is CC(C)=CC(=O)N(C1CCCCC1)C1CCCCC1. The molecule has 0 radical (unpaired) electrons. The van der Waals surface area contributed by atoms with Crippen molar-refractivity contribution in [2.45, 2.75) is 90.1 Å². The fourth-order valence-electron chi connectivity index (χ4n) is 3.70. The Labute approximate surface area is 118 Å². The molecule has 0 N–H and O–H groups in total. The van der Waals surface area contributed by atoms with Gasteiger partial charge in [-0.1, -0.05) is 44.1 Å². The van der Waals surface area contributed by atoms with Crippen LogP contribution in [-0.4, -0.2) is 22.9 Å². The zero-order chi connectivity index (χ0) is 13.7. The minimum absolute atomic E-state index is 0.277. The molecule has 2 rings (SSSR count). The van der Waals surface area contributed by atoms with E-state index in [2.05, 4.69) is 4.90 Å². The number of hydrogen-bond donors (Lipinski definition) is 0. The summed E-state index contributed by atoms with van der Waals surface area (Å²) in [5, 5.41) is 0. The van der Waals surface area contributed by atoms with Gasteiger partial charge in [0.2, 0.25) is 5.91 Å². The van der Waals surface area contributed by atoms with E-state index in [0.29, 0.717) is 12.1 Å². The van der Waals surface area contributed by atoms with Gasteiger partial charge in [-0.25, -0.2) is 0 Å². The van der Waals surface area contributed by atoms with E-state index in [1.807, 2.05) is 19.9 Å². The van der Waals surface area contributed by atoms with Crippen LogP contribution in [-0.2, 0) is 4.79 Å². The van der Waals surface area contributed by atoms with E-state index in [-0.39, 0.29) is 5.91 Å². The number of allylic oxidation sites excluding steroid dienone is 1. The molecule has 0 heterocycles. The fraction of sp³-hybridized carbons (Fsp3) is 0.824. The van der Waals surface area contributed by atoms with Crippen molar-refractivity contribution in [3.8, 4) is 0 Å². The number of carbonyl (C=O) groups is 1. The number of nitrogens with zero attached hydrogens (tertiary/aromatic N) is 1. The van der Waals surface area contributed by atoms with Gasteiger partial charge in [-0.3, -0.25) is 4.79 Å². The van der Waals surface area contributed by atoms with Crippen molar-refractivity contribution in [2.24, 2.45) is 0 Å². The lowest BCUT2D eigenvalue weighted by Gasteiger charge is -2.41. The van der Waals surface area contributed by atoms with E-state index in [1.165, 1.54) is 64.2 Å². The summed E-state index contributed by atoms with van der Waals surface area (Å²) in [6.07, 6.45) is 14.6. The van der Waals surface area contributed by atoms with Crippen LogP contribution < -0.4 is 0 Å². The smallest absolute Gasteiger partial charge is 0.246 e. The number of amides is 1. The van der Waals surface area contributed by atoms with Gasteiger partial charge in [0.15, 0.2) is 0 Å². The highest BCUT2D eigenvalue weighted by atomic mass is 16.2. The molecule has 0 atom stereocenters. The normalized spacial score (nSPS) is 22.0. The number of hydrogen-bond acceptors (Lipinski definition) is 1. The molecule has 0 aromatic carbocycles. The maximum absolute atomic E-state index is 12.6. The van der Waals surface area contributed by atoms with Crippen molar-refractivity contribution in [1.29, 1.82) is 0 Å². The predicted molar refractivity (Wildman–Crippen MR) is 80.0 cm³/mol. The van der Waals surface area contributed by atoms with Crippen LogP contribution in [0.25, 0.3) is 0 Å². The minimum Gasteiger partial charge on any atom is -0.333 e. The Morgan fingerprint density at radius 2 is 1.26 bits per heavy atom. The lowest BCUT2D eigenvalue weighted by atomic mass is 9.88. The summed E-state index contributed by atoms with van der Waals surface area (Å²) in [6, 6.07) is 1.03. The van der Waals surface area contributed by atoms with Crippen molar-refractivity contribution in [2.75, 3.05) is 0 Å². The van der Waals surface area contributed by atoms with Gasteiger partial charge in [-0.15, -0.1) is 0 Å². The van der Waals surface area contributed by atoms with Crippen LogP contribution in [0.1, 0.15) is 78.1 Å². The first-order valence-electron chi connectivity index (χ1n) is 8.15. The van der Waals surface area contributed by atoms with Crippen molar-refractivity contribution in [1.82, 2.24) is 4.90 Å². The molecule has 2 saturated carbocycles. The quantitative estimate of drug-likeness (QED) is 0.689. The van der Waals surface area contributed by atoms with Gasteiger partial charge >= 0.3 is 0 Å². The van der Waals surface area contributed by atoms with Crippen LogP contribution in [0.3, 0.4) is 0 Å². The fourth-order valence-corrected chi connectivity index (χ4v) is 3.70. The summed E-state index contributed by atoms with van der Waals surface area (Å²) in [6.45, 7) is 4.05. The molecular weight excluding hydrogens is 234 g/mol. The third kappa shape index (κ3) is 4.09. The van der Waals surface area contributed by atoms with E-state index in [0.717, 1.165) is 5.57 Å². The molecule has 0 saturated heterocycles. The van der Waals surface area contributed by atoms with Crippen molar-refractivity contribution in [3.05, 3.63) is 11.6 Å². The summed E-state index contributed by atoms with van der Waals surface area (Å²) in [5.74, 6) is 0.277. The maximum Gasteiger partial charge on any atom is 0.246 e. The summed E-state index contributed by atoms with van der Waals surface area (Å²) in [5.41, 5.74) is 1.13. The summed E-state index contributed by atoms with van der Waals surface area (Å²) in [7, 11) is 0. The molecule has 2 fully saturated rings. The highest BCUT2D eigenvalue weighted by molar-refractivity contribution is 5.88. The van der Waals surface area contributed by atoms with Crippen LogP contribution in [0.5, 0.6) is 0 Å². The summed E-state index contributed by atoms with van der Waals surface area (Å²) in [4.78, 5) is 14.9. The Kier molecular flexibility index (Phi) is 5.47. The average Bonchev–Trinajstić information content (AvgIpc) is 2.40. The molecule has 0 spiro atoms. The average molecular weight is 263 g/mol. The first-order valence-corrected chi connectivity index (χ1v) is 8.15. The molecule has 0 aromatic heterocycles. The van der Waals surface area contributed by atoms with Crippen molar-refractivity contribution >= 4 is 5.91 Å². The van der Waals surface area contributed by atoms with Crippen LogP contribution in [0.15, 0.2) is 11.6 Å². The molecule has 1 amide bonds. The Morgan fingerprint density at radius 3 is 1.63 bits per heavy atom. The highest BCUT2D eigenvalue weighted by Gasteiger charge is 2.31. The molecule has 0 aromatic rings. The monoisotopic (exact) mass is 263 g/mol. The lowest BCUT2D eigenvalue weighted by molar-refractivity contribution is -0.132. The standard InChI is InChI=1S/C17H29NO/c1-14(2)13-17(19)18(15-9-5-3-6-10-15)16-11-7-4-8-12-16/h13,15-16H,3-12H2,1-2H3. The maximum atomic E-state index is 12.6. The van der Waals surface area contributed by atoms with Gasteiger partial charge in [0.1, 0.15) is 0 Å². The lowest BCUT2D eigenvalue weighted by Crippen LogP contribution is -2.48. The molecule has 2 nitrogen and oxygen atoms in total. The molecule has 0 aliphatic heterocycles. The number of rotatable bonds is 3. The zero-order valence-corrected chi connectivity index (χ0v) is 12.7. The third-order valence-corrected chi connectivity index (χ3v) is 4.60. The highest BCUT2D eigenvalue weighted by Crippen LogP contribution is 2.30. The first-order chi connectivity index (χ1) is 9.18. The molecule has 108 valence electrons. The largest absolute Gasteiger partial charge is 0.333 e. The Bertz CT molecular complexity index is 300. The van der Waals surface area contributed by atoms with Gasteiger partial charge in [0.05, 0.1) is 0 Å². The van der Waals surface area contributed by atoms with Gasteiger partial charge in [0.25, 0.3) is 0 Å².